The molecule has 0 spiro atoms. The smallest absolute Gasteiger partial charge is 0.223 e. The Kier molecular flexibility index (Phi) is 4.46. The van der Waals surface area contributed by atoms with Crippen molar-refractivity contribution in [1.29, 1.82) is 0 Å². The van der Waals surface area contributed by atoms with Gasteiger partial charge in [-0.15, -0.1) is 0 Å². The summed E-state index contributed by atoms with van der Waals surface area (Å²) in [6, 6.07) is 6.35. The van der Waals surface area contributed by atoms with Crippen molar-refractivity contribution >= 4 is 5.91 Å². The van der Waals surface area contributed by atoms with Gasteiger partial charge in [-0.3, -0.25) is 4.79 Å². The molecule has 2 unspecified atom stereocenters. The number of allylic oxidation sites excluding steroid dienone is 2. The fraction of sp³-hybridized carbons (Fsp3) is 0.550. The maximum atomic E-state index is 12.8. The van der Waals surface area contributed by atoms with Gasteiger partial charge in [-0.1, -0.05) is 18.2 Å². The van der Waals surface area contributed by atoms with E-state index in [1.165, 1.54) is 5.56 Å². The second-order valence-electron chi connectivity index (χ2n) is 6.97. The van der Waals surface area contributed by atoms with E-state index < -0.39 is 0 Å². The summed E-state index contributed by atoms with van der Waals surface area (Å²) >= 11 is 0. The largest absolute Gasteiger partial charge is 0.490 e. The van der Waals surface area contributed by atoms with E-state index in [1.54, 1.807) is 0 Å². The van der Waals surface area contributed by atoms with Gasteiger partial charge in [-0.05, 0) is 49.3 Å². The summed E-state index contributed by atoms with van der Waals surface area (Å²) < 4.78 is 11.5. The second kappa shape index (κ2) is 6.88. The molecule has 2 aliphatic heterocycles. The van der Waals surface area contributed by atoms with Gasteiger partial charge in [-0.2, -0.15) is 0 Å². The number of nitrogens with zero attached hydrogens (tertiary/aromatic N) is 1. The molecule has 3 aliphatic rings. The van der Waals surface area contributed by atoms with Gasteiger partial charge in [-0.25, -0.2) is 0 Å². The first kappa shape index (κ1) is 15.6. The molecule has 1 saturated heterocycles. The molecule has 2 atom stereocenters. The van der Waals surface area contributed by atoms with Gasteiger partial charge in [0.15, 0.2) is 11.5 Å². The van der Waals surface area contributed by atoms with Gasteiger partial charge in [0.05, 0.1) is 19.3 Å². The van der Waals surface area contributed by atoms with E-state index in [1.807, 2.05) is 6.07 Å². The number of carbonyl (C=O) groups is 1. The summed E-state index contributed by atoms with van der Waals surface area (Å²) in [6.45, 7) is 2.27. The van der Waals surface area contributed by atoms with Crippen LogP contribution in [0.15, 0.2) is 30.4 Å². The highest BCUT2D eigenvalue weighted by molar-refractivity contribution is 5.77. The lowest BCUT2D eigenvalue weighted by molar-refractivity contribution is -0.132. The van der Waals surface area contributed by atoms with Crippen molar-refractivity contribution in [3.05, 3.63) is 35.9 Å². The lowest BCUT2D eigenvalue weighted by Gasteiger charge is -2.26. The van der Waals surface area contributed by atoms with Crippen molar-refractivity contribution in [2.24, 2.45) is 5.92 Å². The van der Waals surface area contributed by atoms with Crippen LogP contribution < -0.4 is 9.47 Å². The van der Waals surface area contributed by atoms with Crippen molar-refractivity contribution in [1.82, 2.24) is 4.90 Å². The van der Waals surface area contributed by atoms with Gasteiger partial charge in [0.25, 0.3) is 0 Å². The van der Waals surface area contributed by atoms with E-state index >= 15 is 0 Å². The van der Waals surface area contributed by atoms with E-state index in [4.69, 9.17) is 9.47 Å². The quantitative estimate of drug-likeness (QED) is 0.791. The summed E-state index contributed by atoms with van der Waals surface area (Å²) in [5.74, 6) is 2.37. The van der Waals surface area contributed by atoms with Gasteiger partial charge < -0.3 is 14.4 Å². The highest BCUT2D eigenvalue weighted by Gasteiger charge is 2.31. The number of rotatable bonds is 3. The molecule has 1 fully saturated rings. The molecule has 0 saturated carbocycles. The minimum Gasteiger partial charge on any atom is -0.490 e. The lowest BCUT2D eigenvalue weighted by atomic mass is 10.0. The minimum absolute atomic E-state index is 0.181. The first-order valence-electron chi connectivity index (χ1n) is 9.17. The molecular formula is C20H25NO3. The van der Waals surface area contributed by atoms with Crippen molar-refractivity contribution in [2.75, 3.05) is 19.8 Å². The zero-order chi connectivity index (χ0) is 16.4. The topological polar surface area (TPSA) is 38.8 Å². The van der Waals surface area contributed by atoms with Crippen molar-refractivity contribution in [3.63, 3.8) is 0 Å². The average molecular weight is 327 g/mol. The fourth-order valence-corrected chi connectivity index (χ4v) is 4.01. The minimum atomic E-state index is 0.181. The third-order valence-corrected chi connectivity index (χ3v) is 5.28. The molecule has 0 bridgehead atoms. The van der Waals surface area contributed by atoms with E-state index in [2.05, 4.69) is 29.2 Å². The van der Waals surface area contributed by atoms with E-state index in [-0.39, 0.29) is 6.04 Å². The molecule has 1 aromatic rings. The predicted octanol–water partition coefficient (Wildman–Crippen LogP) is 3.87. The molecule has 4 nitrogen and oxygen atoms in total. The van der Waals surface area contributed by atoms with Crippen LogP contribution in [0.5, 0.6) is 11.5 Å². The number of carbonyl (C=O) groups excluding carboxylic acids is 1. The summed E-state index contributed by atoms with van der Waals surface area (Å²) in [5.41, 5.74) is 1.17. The number of benzene rings is 1. The van der Waals surface area contributed by atoms with Crippen LogP contribution in [-0.2, 0) is 4.79 Å². The number of ether oxygens (including phenoxy) is 2. The number of hydrogen-bond donors (Lipinski definition) is 0. The second-order valence-corrected chi connectivity index (χ2v) is 6.97. The van der Waals surface area contributed by atoms with Crippen molar-refractivity contribution < 1.29 is 14.3 Å². The van der Waals surface area contributed by atoms with Gasteiger partial charge in [0, 0.05) is 19.4 Å². The van der Waals surface area contributed by atoms with Crippen LogP contribution in [0.25, 0.3) is 0 Å². The number of likely N-dealkylation sites (tertiary alicyclic amines) is 1. The fourth-order valence-electron chi connectivity index (χ4n) is 4.01. The normalized spacial score (nSPS) is 25.8. The Morgan fingerprint density at radius 1 is 1.12 bits per heavy atom. The first-order chi connectivity index (χ1) is 11.8. The third-order valence-electron chi connectivity index (χ3n) is 5.28. The highest BCUT2D eigenvalue weighted by Crippen LogP contribution is 2.38. The van der Waals surface area contributed by atoms with Crippen LogP contribution in [0, 0.1) is 5.92 Å². The van der Waals surface area contributed by atoms with Crippen LogP contribution in [0.2, 0.25) is 0 Å². The molecule has 0 aromatic heterocycles. The summed E-state index contributed by atoms with van der Waals surface area (Å²) in [7, 11) is 0. The molecule has 0 radical (unpaired) electrons. The van der Waals surface area contributed by atoms with Crippen LogP contribution >= 0.6 is 0 Å². The monoisotopic (exact) mass is 327 g/mol. The zero-order valence-corrected chi connectivity index (χ0v) is 14.1. The number of fused-ring (bicyclic) bond motifs is 1. The number of amides is 1. The van der Waals surface area contributed by atoms with Crippen LogP contribution in [0.3, 0.4) is 0 Å². The SMILES string of the molecule is O=C(CC1C=CCC1)N1CCCC1c1ccc2c(c1)OCCCO2. The van der Waals surface area contributed by atoms with E-state index in [0.29, 0.717) is 31.5 Å². The Morgan fingerprint density at radius 2 is 2.00 bits per heavy atom. The standard InChI is InChI=1S/C20H25NO3/c22-20(13-15-5-1-2-6-15)21-10-3-7-17(21)16-8-9-18-19(14-16)24-12-4-11-23-18/h1,5,8-9,14-15,17H,2-4,6-7,10-13H2. The molecule has 24 heavy (non-hydrogen) atoms. The molecule has 2 heterocycles. The van der Waals surface area contributed by atoms with Crippen molar-refractivity contribution in [2.45, 2.75) is 44.6 Å². The Balaban J connectivity index is 1.50. The molecule has 1 amide bonds. The maximum absolute atomic E-state index is 12.8. The average Bonchev–Trinajstić information content (AvgIpc) is 3.22. The van der Waals surface area contributed by atoms with Crippen molar-refractivity contribution in [3.8, 4) is 11.5 Å². The Bertz CT molecular complexity index is 640. The molecule has 128 valence electrons. The van der Waals surface area contributed by atoms with Crippen LogP contribution in [-0.4, -0.2) is 30.6 Å². The van der Waals surface area contributed by atoms with Gasteiger partial charge in [0.2, 0.25) is 5.91 Å². The van der Waals surface area contributed by atoms with E-state index in [0.717, 1.165) is 50.1 Å². The van der Waals surface area contributed by atoms with Gasteiger partial charge in [0.1, 0.15) is 0 Å². The Labute approximate surface area is 143 Å². The lowest BCUT2D eigenvalue weighted by Crippen LogP contribution is -2.31. The Hall–Kier alpha value is -1.97. The zero-order valence-electron chi connectivity index (χ0n) is 14.1. The Morgan fingerprint density at radius 3 is 2.83 bits per heavy atom. The van der Waals surface area contributed by atoms with Gasteiger partial charge >= 0.3 is 0 Å². The summed E-state index contributed by atoms with van der Waals surface area (Å²) in [5, 5.41) is 0. The predicted molar refractivity (Wildman–Crippen MR) is 92.2 cm³/mol. The van der Waals surface area contributed by atoms with Crippen LogP contribution in [0.1, 0.15) is 50.1 Å². The number of hydrogen-bond acceptors (Lipinski definition) is 3. The highest BCUT2D eigenvalue weighted by atomic mass is 16.5. The molecule has 4 rings (SSSR count). The molecule has 4 heteroatoms. The van der Waals surface area contributed by atoms with E-state index in [9.17, 15) is 4.79 Å². The molecular weight excluding hydrogens is 302 g/mol. The molecule has 1 aliphatic carbocycles. The molecule has 1 aromatic carbocycles. The maximum Gasteiger partial charge on any atom is 0.223 e. The van der Waals surface area contributed by atoms with Crippen LogP contribution in [0.4, 0.5) is 0 Å². The summed E-state index contributed by atoms with van der Waals surface area (Å²) in [6.07, 6.45) is 10.3. The summed E-state index contributed by atoms with van der Waals surface area (Å²) in [4.78, 5) is 14.8. The molecule has 0 N–H and O–H groups in total. The first-order valence-corrected chi connectivity index (χ1v) is 9.17. The third kappa shape index (κ3) is 3.14.